The molecule has 0 N–H and O–H groups in total. The van der Waals surface area contributed by atoms with Crippen molar-refractivity contribution in [3.8, 4) is 11.3 Å². The number of Topliss-reactive ketones (excluding diaryl/α,β-unsaturated/α-hetero) is 1. The largest absolute Gasteiger partial charge is 0.440 e. The summed E-state index contributed by atoms with van der Waals surface area (Å²) in [5.41, 5.74) is 1.40. The molecule has 0 aromatic carbocycles. The Morgan fingerprint density at radius 2 is 2.07 bits per heavy atom. The van der Waals surface area contributed by atoms with Crippen molar-refractivity contribution in [3.05, 3.63) is 36.7 Å². The molecule has 0 aliphatic carbocycles. The Balaban J connectivity index is 2.52. The van der Waals surface area contributed by atoms with Crippen LogP contribution in [0.5, 0.6) is 0 Å². The van der Waals surface area contributed by atoms with Crippen LogP contribution in [-0.2, 0) is 0 Å². The van der Waals surface area contributed by atoms with Crippen molar-refractivity contribution in [1.82, 2.24) is 9.97 Å². The third-order valence-electron chi connectivity index (χ3n) is 1.84. The quantitative estimate of drug-likeness (QED) is 0.676. The Morgan fingerprint density at radius 3 is 2.71 bits per heavy atom. The zero-order valence-corrected chi connectivity index (χ0v) is 7.60. The third-order valence-corrected chi connectivity index (χ3v) is 1.84. The van der Waals surface area contributed by atoms with Gasteiger partial charge in [0.15, 0.2) is 17.9 Å². The van der Waals surface area contributed by atoms with Gasteiger partial charge in [0.25, 0.3) is 0 Å². The van der Waals surface area contributed by atoms with E-state index in [1.54, 1.807) is 24.5 Å². The third kappa shape index (κ3) is 1.42. The molecular weight excluding hydrogens is 180 g/mol. The van der Waals surface area contributed by atoms with Crippen LogP contribution in [0, 0.1) is 0 Å². The van der Waals surface area contributed by atoms with Crippen LogP contribution >= 0.6 is 0 Å². The second-order valence-corrected chi connectivity index (χ2v) is 2.82. The lowest BCUT2D eigenvalue weighted by molar-refractivity contribution is 0.0988. The van der Waals surface area contributed by atoms with Gasteiger partial charge in [-0.25, -0.2) is 4.98 Å². The lowest BCUT2D eigenvalue weighted by Crippen LogP contribution is -1.92. The van der Waals surface area contributed by atoms with E-state index in [-0.39, 0.29) is 11.5 Å². The number of pyridine rings is 1. The summed E-state index contributed by atoms with van der Waals surface area (Å²) >= 11 is 0. The van der Waals surface area contributed by atoms with Gasteiger partial charge in [0.05, 0.1) is 0 Å². The number of carbonyl (C=O) groups excluding carboxylic acids is 1. The van der Waals surface area contributed by atoms with Crippen LogP contribution in [0.4, 0.5) is 0 Å². The van der Waals surface area contributed by atoms with Crippen LogP contribution in [0.2, 0.25) is 0 Å². The van der Waals surface area contributed by atoms with Crippen LogP contribution in [0.3, 0.4) is 0 Å². The van der Waals surface area contributed by atoms with E-state index in [4.69, 9.17) is 4.42 Å². The SMILES string of the molecule is CC(=O)c1ocnc1-c1ccncc1. The summed E-state index contributed by atoms with van der Waals surface area (Å²) in [4.78, 5) is 19.0. The van der Waals surface area contributed by atoms with Crippen LogP contribution in [0.1, 0.15) is 17.5 Å². The molecular formula is C10H8N2O2. The average Bonchev–Trinajstić information content (AvgIpc) is 2.67. The second kappa shape index (κ2) is 3.41. The highest BCUT2D eigenvalue weighted by molar-refractivity contribution is 5.96. The number of ketones is 1. The van der Waals surface area contributed by atoms with Gasteiger partial charge in [-0.1, -0.05) is 0 Å². The molecule has 0 aliphatic heterocycles. The topological polar surface area (TPSA) is 56.0 Å². The molecule has 2 aromatic heterocycles. The number of aromatic nitrogens is 2. The Kier molecular flexibility index (Phi) is 2.10. The van der Waals surface area contributed by atoms with E-state index in [1.165, 1.54) is 13.3 Å². The first-order chi connectivity index (χ1) is 6.79. The second-order valence-electron chi connectivity index (χ2n) is 2.82. The van der Waals surface area contributed by atoms with Crippen molar-refractivity contribution >= 4 is 5.78 Å². The fourth-order valence-electron chi connectivity index (χ4n) is 1.21. The molecule has 4 nitrogen and oxygen atoms in total. The summed E-state index contributed by atoms with van der Waals surface area (Å²) in [6.07, 6.45) is 4.56. The summed E-state index contributed by atoms with van der Waals surface area (Å²) in [7, 11) is 0. The van der Waals surface area contributed by atoms with Crippen molar-refractivity contribution in [3.63, 3.8) is 0 Å². The number of carbonyl (C=O) groups is 1. The van der Waals surface area contributed by atoms with Crippen molar-refractivity contribution in [1.29, 1.82) is 0 Å². The van der Waals surface area contributed by atoms with Crippen LogP contribution in [0.25, 0.3) is 11.3 Å². The van der Waals surface area contributed by atoms with Gasteiger partial charge in [0.1, 0.15) is 5.69 Å². The van der Waals surface area contributed by atoms with E-state index in [1.807, 2.05) is 0 Å². The Labute approximate surface area is 80.6 Å². The molecule has 2 aromatic rings. The lowest BCUT2D eigenvalue weighted by Gasteiger charge is -1.96. The normalized spacial score (nSPS) is 10.1. The highest BCUT2D eigenvalue weighted by Crippen LogP contribution is 2.21. The maximum Gasteiger partial charge on any atom is 0.197 e. The van der Waals surface area contributed by atoms with E-state index >= 15 is 0 Å². The fraction of sp³-hybridized carbons (Fsp3) is 0.100. The number of hydrogen-bond donors (Lipinski definition) is 0. The summed E-state index contributed by atoms with van der Waals surface area (Å²) < 4.78 is 5.00. The fourth-order valence-corrected chi connectivity index (χ4v) is 1.21. The molecule has 0 unspecified atom stereocenters. The Morgan fingerprint density at radius 1 is 1.36 bits per heavy atom. The zero-order valence-electron chi connectivity index (χ0n) is 7.60. The van der Waals surface area contributed by atoms with Crippen molar-refractivity contribution in [2.75, 3.05) is 0 Å². The minimum Gasteiger partial charge on any atom is -0.440 e. The predicted molar refractivity (Wildman–Crippen MR) is 49.7 cm³/mol. The first kappa shape index (κ1) is 8.62. The van der Waals surface area contributed by atoms with Crippen molar-refractivity contribution in [2.24, 2.45) is 0 Å². The number of hydrogen-bond acceptors (Lipinski definition) is 4. The van der Waals surface area contributed by atoms with Gasteiger partial charge in [0.2, 0.25) is 0 Å². The Bertz CT molecular complexity index is 448. The summed E-state index contributed by atoms with van der Waals surface area (Å²) in [6, 6.07) is 3.56. The van der Waals surface area contributed by atoms with Gasteiger partial charge in [-0.05, 0) is 12.1 Å². The molecule has 0 saturated carbocycles. The van der Waals surface area contributed by atoms with Gasteiger partial charge < -0.3 is 4.42 Å². The molecule has 2 heterocycles. The van der Waals surface area contributed by atoms with Gasteiger partial charge in [-0.15, -0.1) is 0 Å². The van der Waals surface area contributed by atoms with Crippen LogP contribution in [0.15, 0.2) is 35.3 Å². The monoisotopic (exact) mass is 188 g/mol. The lowest BCUT2D eigenvalue weighted by atomic mass is 10.1. The van der Waals surface area contributed by atoms with E-state index in [0.717, 1.165) is 5.56 Å². The molecule has 0 spiro atoms. The standard InChI is InChI=1S/C10H8N2O2/c1-7(13)10-9(12-6-14-10)8-2-4-11-5-3-8/h2-6H,1H3. The maximum atomic E-state index is 11.2. The number of rotatable bonds is 2. The first-order valence-electron chi connectivity index (χ1n) is 4.14. The van der Waals surface area contributed by atoms with Gasteiger partial charge in [-0.3, -0.25) is 9.78 Å². The summed E-state index contributed by atoms with van der Waals surface area (Å²) in [6.45, 7) is 1.45. The highest BCUT2D eigenvalue weighted by Gasteiger charge is 2.13. The smallest absolute Gasteiger partial charge is 0.197 e. The average molecular weight is 188 g/mol. The minimum absolute atomic E-state index is 0.130. The molecule has 0 atom stereocenters. The van der Waals surface area contributed by atoms with Crippen molar-refractivity contribution < 1.29 is 9.21 Å². The van der Waals surface area contributed by atoms with Gasteiger partial charge >= 0.3 is 0 Å². The molecule has 0 amide bonds. The number of oxazole rings is 1. The minimum atomic E-state index is -0.130. The summed E-state index contributed by atoms with van der Waals surface area (Å²) in [5, 5.41) is 0. The first-order valence-corrected chi connectivity index (χ1v) is 4.14. The molecule has 4 heteroatoms. The molecule has 14 heavy (non-hydrogen) atoms. The number of nitrogens with zero attached hydrogens (tertiary/aromatic N) is 2. The van der Waals surface area contributed by atoms with E-state index in [2.05, 4.69) is 9.97 Å². The van der Waals surface area contributed by atoms with Crippen molar-refractivity contribution in [2.45, 2.75) is 6.92 Å². The van der Waals surface area contributed by atoms with E-state index in [0.29, 0.717) is 5.69 Å². The molecule has 0 saturated heterocycles. The molecule has 0 bridgehead atoms. The summed E-state index contributed by atoms with van der Waals surface area (Å²) in [5.74, 6) is 0.158. The molecule has 0 fully saturated rings. The predicted octanol–water partition coefficient (Wildman–Crippen LogP) is 1.94. The maximum absolute atomic E-state index is 11.2. The molecule has 2 rings (SSSR count). The van der Waals surface area contributed by atoms with E-state index < -0.39 is 0 Å². The van der Waals surface area contributed by atoms with Crippen LogP contribution < -0.4 is 0 Å². The zero-order chi connectivity index (χ0) is 9.97. The van der Waals surface area contributed by atoms with Crippen LogP contribution in [-0.4, -0.2) is 15.8 Å². The Hall–Kier alpha value is -1.97. The molecule has 70 valence electrons. The molecule has 0 radical (unpaired) electrons. The van der Waals surface area contributed by atoms with Gasteiger partial charge in [-0.2, -0.15) is 0 Å². The van der Waals surface area contributed by atoms with E-state index in [9.17, 15) is 4.79 Å². The highest BCUT2D eigenvalue weighted by atomic mass is 16.3. The van der Waals surface area contributed by atoms with Gasteiger partial charge in [0, 0.05) is 24.9 Å². The molecule has 0 aliphatic rings.